The Hall–Kier alpha value is -1.75. The third kappa shape index (κ3) is 4.30. The van der Waals surface area contributed by atoms with E-state index in [1.54, 1.807) is 12.4 Å². The molecule has 0 bridgehead atoms. The van der Waals surface area contributed by atoms with Crippen LogP contribution in [0, 0.1) is 0 Å². The van der Waals surface area contributed by atoms with Gasteiger partial charge in [0.15, 0.2) is 6.10 Å². The molecule has 0 radical (unpaired) electrons. The van der Waals surface area contributed by atoms with Gasteiger partial charge in [-0.1, -0.05) is 0 Å². The molecule has 0 spiro atoms. The highest BCUT2D eigenvalue weighted by Gasteiger charge is 2.52. The van der Waals surface area contributed by atoms with Gasteiger partial charge in [-0.2, -0.15) is 0 Å². The second-order valence-electron chi connectivity index (χ2n) is 8.25. The molecule has 0 aromatic carbocycles. The summed E-state index contributed by atoms with van der Waals surface area (Å²) in [5.74, 6) is -0.493. The fraction of sp³-hybridized carbons (Fsp3) is 0.722. The Kier molecular flexibility index (Phi) is 5.95. The zero-order valence-electron chi connectivity index (χ0n) is 16.8. The van der Waals surface area contributed by atoms with Crippen molar-refractivity contribution in [3.05, 3.63) is 12.4 Å². The quantitative estimate of drug-likeness (QED) is 0.644. The van der Waals surface area contributed by atoms with Crippen LogP contribution in [0.1, 0.15) is 40.5 Å². The molecule has 3 heterocycles. The van der Waals surface area contributed by atoms with E-state index in [2.05, 4.69) is 9.97 Å². The Balaban J connectivity index is 1.60. The summed E-state index contributed by atoms with van der Waals surface area (Å²) < 4.78 is 17.8. The van der Waals surface area contributed by atoms with Crippen LogP contribution in [-0.2, 0) is 14.1 Å². The van der Waals surface area contributed by atoms with E-state index in [4.69, 9.17) is 19.2 Å². The van der Waals surface area contributed by atoms with E-state index < -0.39 is 36.9 Å². The molecule has 154 valence electrons. The fourth-order valence-corrected chi connectivity index (χ4v) is 3.16. The van der Waals surface area contributed by atoms with Crippen LogP contribution in [-0.4, -0.2) is 81.2 Å². The lowest BCUT2D eigenvalue weighted by atomic mass is 9.81. The van der Waals surface area contributed by atoms with Gasteiger partial charge in [0, 0.05) is 24.4 Å². The van der Waals surface area contributed by atoms with Crippen molar-refractivity contribution in [1.82, 2.24) is 14.9 Å². The molecule has 0 unspecified atom stereocenters. The van der Waals surface area contributed by atoms with Crippen LogP contribution >= 0.6 is 0 Å². The van der Waals surface area contributed by atoms with Crippen molar-refractivity contribution in [2.24, 2.45) is 0 Å². The number of nitrogens with zero attached hydrogens (tertiary/aromatic N) is 3. The topological polar surface area (TPSA) is 114 Å². The predicted molar refractivity (Wildman–Crippen MR) is 101 cm³/mol. The van der Waals surface area contributed by atoms with Crippen LogP contribution in [0.15, 0.2) is 12.4 Å². The van der Waals surface area contributed by atoms with Gasteiger partial charge >= 0.3 is 13.1 Å². The average Bonchev–Trinajstić information content (AvgIpc) is 2.88. The maximum Gasteiger partial charge on any atom is 0.498 e. The van der Waals surface area contributed by atoms with Gasteiger partial charge < -0.3 is 29.2 Å². The van der Waals surface area contributed by atoms with Crippen LogP contribution in [0.3, 0.4) is 0 Å². The lowest BCUT2D eigenvalue weighted by molar-refractivity contribution is -0.144. The molecule has 2 aliphatic rings. The van der Waals surface area contributed by atoms with Crippen molar-refractivity contribution < 1.29 is 29.1 Å². The first-order valence-corrected chi connectivity index (χ1v) is 9.55. The first-order valence-electron chi connectivity index (χ1n) is 9.55. The number of likely N-dealkylation sites (tertiary alicyclic amines) is 1. The summed E-state index contributed by atoms with van der Waals surface area (Å²) in [6.45, 7) is 8.18. The number of carbonyl (C=O) groups is 1. The van der Waals surface area contributed by atoms with Crippen molar-refractivity contribution >= 4 is 18.5 Å². The largest absolute Gasteiger partial charge is 0.498 e. The van der Waals surface area contributed by atoms with Gasteiger partial charge in [-0.15, -0.1) is 0 Å². The smallest absolute Gasteiger partial charge is 0.458 e. The third-order valence-electron chi connectivity index (χ3n) is 5.59. The molecule has 2 saturated heterocycles. The Morgan fingerprint density at radius 3 is 2.50 bits per heavy atom. The van der Waals surface area contributed by atoms with E-state index >= 15 is 0 Å². The number of carbonyl (C=O) groups excluding carboxylic acids is 1. The highest BCUT2D eigenvalue weighted by Crippen LogP contribution is 2.36. The second kappa shape index (κ2) is 7.94. The van der Waals surface area contributed by atoms with Crippen molar-refractivity contribution in [2.75, 3.05) is 19.7 Å². The molecule has 2 atom stereocenters. The fourth-order valence-electron chi connectivity index (χ4n) is 3.16. The Morgan fingerprint density at radius 1 is 1.32 bits per heavy atom. The van der Waals surface area contributed by atoms with Gasteiger partial charge in [0.05, 0.1) is 24.4 Å². The van der Waals surface area contributed by atoms with Gasteiger partial charge in [0.2, 0.25) is 0 Å². The minimum absolute atomic E-state index is 0.210. The maximum atomic E-state index is 12.0. The number of aliphatic hydroxyl groups is 2. The molecule has 0 saturated carbocycles. The second-order valence-corrected chi connectivity index (χ2v) is 8.25. The molecule has 1 amide bonds. The minimum atomic E-state index is -1.39. The summed E-state index contributed by atoms with van der Waals surface area (Å²) in [6, 6.07) is 0.210. The number of piperidine rings is 1. The van der Waals surface area contributed by atoms with E-state index in [1.807, 2.05) is 27.7 Å². The summed E-state index contributed by atoms with van der Waals surface area (Å²) in [5, 5.41) is 18.5. The molecule has 2 fully saturated rings. The lowest BCUT2D eigenvalue weighted by Gasteiger charge is -2.33. The van der Waals surface area contributed by atoms with Gasteiger partial charge in [-0.25, -0.2) is 9.97 Å². The summed E-state index contributed by atoms with van der Waals surface area (Å²) >= 11 is 0. The van der Waals surface area contributed by atoms with Gasteiger partial charge in [-0.3, -0.25) is 4.79 Å². The summed E-state index contributed by atoms with van der Waals surface area (Å²) in [6.07, 6.45) is 3.06. The van der Waals surface area contributed by atoms with Crippen molar-refractivity contribution in [2.45, 2.75) is 63.9 Å². The molecular formula is C18H28BN3O6. The zero-order valence-corrected chi connectivity index (χ0v) is 16.8. The standard InChI is InChI=1S/C18H28BN3O6/c1-17(2)18(3,4)28-19(27-17)12-8-20-16(21-9-12)26-13-6-5-7-22(10-13)15(25)14(24)11-23/h8-9,13-14,23-24H,5-7,10-11H2,1-4H3/t13-,14-/m0/s1. The first-order chi connectivity index (χ1) is 13.1. The van der Waals surface area contributed by atoms with Gasteiger partial charge in [0.1, 0.15) is 6.10 Å². The molecule has 3 rings (SSSR count). The maximum absolute atomic E-state index is 12.0. The summed E-state index contributed by atoms with van der Waals surface area (Å²) in [7, 11) is -0.540. The van der Waals surface area contributed by atoms with Crippen LogP contribution in [0.2, 0.25) is 0 Å². The van der Waals surface area contributed by atoms with Crippen molar-refractivity contribution in [3.8, 4) is 6.01 Å². The SMILES string of the molecule is CC1(C)OB(c2cnc(O[C@H]3CCCN(C(=O)[C@@H](O)CO)C3)nc2)OC1(C)C. The molecule has 1 aromatic rings. The Morgan fingerprint density at radius 2 is 1.93 bits per heavy atom. The number of rotatable bonds is 5. The van der Waals surface area contributed by atoms with Crippen LogP contribution in [0.25, 0.3) is 0 Å². The number of hydrogen-bond acceptors (Lipinski definition) is 8. The number of ether oxygens (including phenoxy) is 1. The molecule has 1 aromatic heterocycles. The van der Waals surface area contributed by atoms with Gasteiger partial charge in [0.25, 0.3) is 5.91 Å². The highest BCUT2D eigenvalue weighted by molar-refractivity contribution is 6.61. The Labute approximate surface area is 165 Å². The van der Waals surface area contributed by atoms with E-state index in [0.717, 1.165) is 12.8 Å². The molecular weight excluding hydrogens is 365 g/mol. The average molecular weight is 393 g/mol. The molecule has 10 heteroatoms. The van der Waals surface area contributed by atoms with E-state index in [-0.39, 0.29) is 12.1 Å². The van der Waals surface area contributed by atoms with E-state index in [1.165, 1.54) is 4.90 Å². The molecule has 2 aliphatic heterocycles. The van der Waals surface area contributed by atoms with Crippen LogP contribution < -0.4 is 10.2 Å². The van der Waals surface area contributed by atoms with E-state index in [0.29, 0.717) is 18.6 Å². The highest BCUT2D eigenvalue weighted by atomic mass is 16.7. The Bertz CT molecular complexity index is 683. The van der Waals surface area contributed by atoms with Crippen LogP contribution in [0.4, 0.5) is 0 Å². The minimum Gasteiger partial charge on any atom is -0.458 e. The molecule has 9 nitrogen and oxygen atoms in total. The molecule has 0 aliphatic carbocycles. The summed E-state index contributed by atoms with van der Waals surface area (Å²) in [4.78, 5) is 22.0. The molecule has 28 heavy (non-hydrogen) atoms. The van der Waals surface area contributed by atoms with Crippen LogP contribution in [0.5, 0.6) is 6.01 Å². The normalized spacial score (nSPS) is 24.9. The lowest BCUT2D eigenvalue weighted by Crippen LogP contribution is -2.49. The third-order valence-corrected chi connectivity index (χ3v) is 5.59. The van der Waals surface area contributed by atoms with Gasteiger partial charge in [-0.05, 0) is 40.5 Å². The van der Waals surface area contributed by atoms with Crippen molar-refractivity contribution in [1.29, 1.82) is 0 Å². The number of amides is 1. The monoisotopic (exact) mass is 393 g/mol. The molecule has 2 N–H and O–H groups in total. The number of hydrogen-bond donors (Lipinski definition) is 2. The first kappa shape index (κ1) is 21.0. The number of aliphatic hydroxyl groups excluding tert-OH is 2. The summed E-state index contributed by atoms with van der Waals surface area (Å²) in [5.41, 5.74) is -0.175. The van der Waals surface area contributed by atoms with E-state index in [9.17, 15) is 9.90 Å². The zero-order chi connectivity index (χ0) is 20.5. The van der Waals surface area contributed by atoms with Crippen molar-refractivity contribution in [3.63, 3.8) is 0 Å². The predicted octanol–water partition coefficient (Wildman–Crippen LogP) is -0.501. The number of aromatic nitrogens is 2.